The summed E-state index contributed by atoms with van der Waals surface area (Å²) in [5.41, 5.74) is 1.69. The normalized spacial score (nSPS) is 10.5. The molecule has 18 heavy (non-hydrogen) atoms. The number of carboxylic acid groups (broad SMARTS) is 1. The maximum Gasteiger partial charge on any atom is 0.303 e. The van der Waals surface area contributed by atoms with Crippen molar-refractivity contribution in [1.29, 1.82) is 0 Å². The van der Waals surface area contributed by atoms with Gasteiger partial charge in [-0.2, -0.15) is 0 Å². The topological polar surface area (TPSA) is 88.0 Å². The molecule has 0 unspecified atom stereocenters. The molecule has 0 saturated carbocycles. The first kappa shape index (κ1) is 12.1. The summed E-state index contributed by atoms with van der Waals surface area (Å²) in [7, 11) is 1.60. The van der Waals surface area contributed by atoms with Crippen molar-refractivity contribution in [3.8, 4) is 11.3 Å². The van der Waals surface area contributed by atoms with Gasteiger partial charge in [0.2, 0.25) is 0 Å². The second-order valence-electron chi connectivity index (χ2n) is 3.96. The molecule has 0 spiro atoms. The molecule has 94 valence electrons. The summed E-state index contributed by atoms with van der Waals surface area (Å²) in [4.78, 5) is 26.5. The van der Waals surface area contributed by atoms with Crippen molar-refractivity contribution in [1.82, 2.24) is 14.8 Å². The van der Waals surface area contributed by atoms with Crippen molar-refractivity contribution in [3.05, 3.63) is 40.4 Å². The first-order chi connectivity index (χ1) is 8.59. The number of nitrogens with one attached hydrogen (secondary N) is 1. The Kier molecular flexibility index (Phi) is 3.27. The second kappa shape index (κ2) is 4.87. The number of pyridine rings is 1. The Bertz CT molecular complexity index is 613. The van der Waals surface area contributed by atoms with Crippen LogP contribution in [0.2, 0.25) is 0 Å². The number of carboxylic acids is 1. The van der Waals surface area contributed by atoms with E-state index in [0.717, 1.165) is 5.56 Å². The van der Waals surface area contributed by atoms with Gasteiger partial charge in [0.25, 0.3) is 5.56 Å². The van der Waals surface area contributed by atoms with Crippen LogP contribution in [0.4, 0.5) is 0 Å². The average molecular weight is 247 g/mol. The highest BCUT2D eigenvalue weighted by Crippen LogP contribution is 2.19. The summed E-state index contributed by atoms with van der Waals surface area (Å²) >= 11 is 0. The quantitative estimate of drug-likeness (QED) is 0.836. The van der Waals surface area contributed by atoms with E-state index in [2.05, 4.69) is 10.1 Å². The van der Waals surface area contributed by atoms with Crippen molar-refractivity contribution < 1.29 is 9.90 Å². The third kappa shape index (κ3) is 2.32. The highest BCUT2D eigenvalue weighted by Gasteiger charge is 2.15. The van der Waals surface area contributed by atoms with Crippen LogP contribution >= 0.6 is 0 Å². The van der Waals surface area contributed by atoms with Gasteiger partial charge in [-0.1, -0.05) is 0 Å². The molecule has 6 nitrogen and oxygen atoms in total. The largest absolute Gasteiger partial charge is 0.481 e. The van der Waals surface area contributed by atoms with Crippen LogP contribution in [0.3, 0.4) is 0 Å². The molecule has 0 radical (unpaired) electrons. The van der Waals surface area contributed by atoms with E-state index < -0.39 is 5.97 Å². The second-order valence-corrected chi connectivity index (χ2v) is 3.96. The van der Waals surface area contributed by atoms with Crippen LogP contribution in [0.1, 0.15) is 12.0 Å². The number of hydrogen-bond acceptors (Lipinski definition) is 3. The molecule has 0 amide bonds. The van der Waals surface area contributed by atoms with E-state index in [1.54, 1.807) is 25.5 Å². The van der Waals surface area contributed by atoms with Crippen molar-refractivity contribution in [3.63, 3.8) is 0 Å². The molecular formula is C12H13N3O3. The Morgan fingerprint density at radius 1 is 1.56 bits per heavy atom. The predicted molar refractivity (Wildman–Crippen MR) is 65.2 cm³/mol. The van der Waals surface area contributed by atoms with Gasteiger partial charge in [0.05, 0.1) is 5.69 Å². The van der Waals surface area contributed by atoms with Crippen LogP contribution in [0.15, 0.2) is 29.3 Å². The first-order valence-electron chi connectivity index (χ1n) is 5.49. The lowest BCUT2D eigenvalue weighted by Crippen LogP contribution is -2.16. The smallest absolute Gasteiger partial charge is 0.303 e. The van der Waals surface area contributed by atoms with Crippen LogP contribution in [-0.2, 0) is 18.3 Å². The van der Waals surface area contributed by atoms with Gasteiger partial charge in [0, 0.05) is 37.0 Å². The number of H-pyrrole nitrogens is 1. The average Bonchev–Trinajstić information content (AvgIpc) is 2.64. The molecular weight excluding hydrogens is 234 g/mol. The number of hydrogen-bond donors (Lipinski definition) is 2. The molecule has 0 aliphatic rings. The van der Waals surface area contributed by atoms with Crippen molar-refractivity contribution in [2.24, 2.45) is 7.05 Å². The van der Waals surface area contributed by atoms with Gasteiger partial charge in [-0.3, -0.25) is 24.4 Å². The highest BCUT2D eigenvalue weighted by atomic mass is 16.4. The van der Waals surface area contributed by atoms with Crippen LogP contribution in [-0.4, -0.2) is 25.8 Å². The van der Waals surface area contributed by atoms with Crippen LogP contribution in [0, 0.1) is 0 Å². The van der Waals surface area contributed by atoms with Gasteiger partial charge in [0.1, 0.15) is 0 Å². The Morgan fingerprint density at radius 2 is 2.33 bits per heavy atom. The van der Waals surface area contributed by atoms with E-state index >= 15 is 0 Å². The number of aryl methyl sites for hydroxylation is 1. The number of rotatable bonds is 4. The van der Waals surface area contributed by atoms with Crippen LogP contribution < -0.4 is 5.56 Å². The lowest BCUT2D eigenvalue weighted by molar-refractivity contribution is -0.136. The van der Waals surface area contributed by atoms with E-state index in [4.69, 9.17) is 5.11 Å². The molecule has 0 aliphatic carbocycles. The molecule has 2 N–H and O–H groups in total. The molecule has 0 aliphatic heterocycles. The molecule has 2 rings (SSSR count). The number of nitrogens with zero attached hydrogens (tertiary/aromatic N) is 2. The molecule has 6 heteroatoms. The van der Waals surface area contributed by atoms with Crippen molar-refractivity contribution >= 4 is 5.97 Å². The summed E-state index contributed by atoms with van der Waals surface area (Å²) in [5.74, 6) is -0.921. The zero-order chi connectivity index (χ0) is 13.1. The number of aliphatic carboxylic acids is 1. The van der Waals surface area contributed by atoms with Gasteiger partial charge in [-0.05, 0) is 18.6 Å². The molecule has 0 aromatic carbocycles. The zero-order valence-electron chi connectivity index (χ0n) is 9.88. The highest BCUT2D eigenvalue weighted by molar-refractivity contribution is 5.68. The molecule has 0 atom stereocenters. The minimum absolute atomic E-state index is 0.0691. The minimum Gasteiger partial charge on any atom is -0.481 e. The first-order valence-corrected chi connectivity index (χ1v) is 5.49. The predicted octanol–water partition coefficient (Wildman–Crippen LogP) is 0.793. The maximum absolute atomic E-state index is 11.9. The summed E-state index contributed by atoms with van der Waals surface area (Å²) in [6.07, 6.45) is 3.41. The fourth-order valence-corrected chi connectivity index (χ4v) is 1.81. The zero-order valence-corrected chi connectivity index (χ0v) is 9.88. The van der Waals surface area contributed by atoms with E-state index in [0.29, 0.717) is 11.3 Å². The summed E-state index contributed by atoms with van der Waals surface area (Å²) < 4.78 is 1.35. The Hall–Kier alpha value is -2.37. The lowest BCUT2D eigenvalue weighted by Gasteiger charge is -2.00. The molecule has 2 aromatic heterocycles. The number of aromatic nitrogens is 3. The minimum atomic E-state index is -0.921. The molecule has 2 heterocycles. The molecule has 0 bridgehead atoms. The monoisotopic (exact) mass is 247 g/mol. The fourth-order valence-electron chi connectivity index (χ4n) is 1.81. The lowest BCUT2D eigenvalue weighted by atomic mass is 10.1. The molecule has 2 aromatic rings. The van der Waals surface area contributed by atoms with Gasteiger partial charge < -0.3 is 5.11 Å². The summed E-state index contributed by atoms with van der Waals surface area (Å²) in [5, 5.41) is 11.6. The molecule has 0 fully saturated rings. The van der Waals surface area contributed by atoms with Gasteiger partial charge in [-0.25, -0.2) is 0 Å². The Balaban J connectivity index is 2.45. The Morgan fingerprint density at radius 3 is 2.94 bits per heavy atom. The van der Waals surface area contributed by atoms with Gasteiger partial charge >= 0.3 is 5.97 Å². The summed E-state index contributed by atoms with van der Waals surface area (Å²) in [6.45, 7) is 0. The fraction of sp³-hybridized carbons (Fsp3) is 0.250. The SMILES string of the molecule is Cn1[nH]c(-c2cccnc2)c(CCC(=O)O)c1=O. The van der Waals surface area contributed by atoms with Crippen molar-refractivity contribution in [2.45, 2.75) is 12.8 Å². The third-order valence-corrected chi connectivity index (χ3v) is 2.68. The van der Waals surface area contributed by atoms with Crippen LogP contribution in [0.5, 0.6) is 0 Å². The summed E-state index contributed by atoms with van der Waals surface area (Å²) in [6, 6.07) is 3.59. The van der Waals surface area contributed by atoms with Crippen molar-refractivity contribution in [2.75, 3.05) is 0 Å². The van der Waals surface area contributed by atoms with E-state index in [-0.39, 0.29) is 18.4 Å². The van der Waals surface area contributed by atoms with Crippen LogP contribution in [0.25, 0.3) is 11.3 Å². The Labute approximate surface area is 103 Å². The molecule has 0 saturated heterocycles. The van der Waals surface area contributed by atoms with E-state index in [1.165, 1.54) is 4.68 Å². The van der Waals surface area contributed by atoms with Gasteiger partial charge in [0.15, 0.2) is 0 Å². The standard InChI is InChI=1S/C12H13N3O3/c1-15-12(18)9(4-5-10(16)17)11(14-15)8-3-2-6-13-7-8/h2-3,6-7,14H,4-5H2,1H3,(H,16,17). The third-order valence-electron chi connectivity index (χ3n) is 2.68. The maximum atomic E-state index is 11.9. The van der Waals surface area contributed by atoms with Gasteiger partial charge in [-0.15, -0.1) is 0 Å². The van der Waals surface area contributed by atoms with E-state index in [1.807, 2.05) is 6.07 Å². The number of aromatic amines is 1. The van der Waals surface area contributed by atoms with E-state index in [9.17, 15) is 9.59 Å². The number of carbonyl (C=O) groups is 1.